The smallest absolute Gasteiger partial charge is 0.340 e. The first-order valence-electron chi connectivity index (χ1n) is 12.5. The standard InChI is InChI=1S/C27H36ClN5O4/c1-27(2,3)37-26(34)21-17-30-23-16-22(28)19(15-20(21)23)18-5-6-24(31-25(18)35-4)33-10-8-32(9-11-33)12-14-36-13-7-29/h5-6,15-17,30H,7-14,29H2,1-4H3. The summed E-state index contributed by atoms with van der Waals surface area (Å²) >= 11 is 6.68. The van der Waals surface area contributed by atoms with Crippen LogP contribution in [-0.2, 0) is 9.47 Å². The Kier molecular flexibility index (Phi) is 8.59. The van der Waals surface area contributed by atoms with E-state index in [4.69, 9.17) is 36.5 Å². The van der Waals surface area contributed by atoms with E-state index in [0.717, 1.165) is 60.6 Å². The number of H-pyrrole nitrogens is 1. The van der Waals surface area contributed by atoms with E-state index in [1.807, 2.05) is 45.0 Å². The molecule has 1 aliphatic heterocycles. The van der Waals surface area contributed by atoms with E-state index in [0.29, 0.717) is 36.2 Å². The molecule has 0 unspecified atom stereocenters. The second-order valence-electron chi connectivity index (χ2n) is 10.0. The highest BCUT2D eigenvalue weighted by atomic mass is 35.5. The van der Waals surface area contributed by atoms with Gasteiger partial charge in [-0.25, -0.2) is 4.79 Å². The van der Waals surface area contributed by atoms with E-state index < -0.39 is 11.6 Å². The molecule has 37 heavy (non-hydrogen) atoms. The van der Waals surface area contributed by atoms with Crippen molar-refractivity contribution in [2.24, 2.45) is 5.73 Å². The van der Waals surface area contributed by atoms with Crippen molar-refractivity contribution in [3.8, 4) is 17.0 Å². The number of aromatic amines is 1. The first-order chi connectivity index (χ1) is 17.7. The molecule has 1 aromatic carbocycles. The topological polar surface area (TPSA) is 106 Å². The number of nitrogens with two attached hydrogens (primary N) is 1. The van der Waals surface area contributed by atoms with Crippen LogP contribution in [-0.4, -0.2) is 86.0 Å². The van der Waals surface area contributed by atoms with Crippen molar-refractivity contribution >= 4 is 34.3 Å². The van der Waals surface area contributed by atoms with Crippen molar-refractivity contribution in [1.82, 2.24) is 14.9 Å². The fourth-order valence-electron chi connectivity index (χ4n) is 4.40. The Balaban J connectivity index is 1.54. The second-order valence-corrected chi connectivity index (χ2v) is 10.4. The van der Waals surface area contributed by atoms with Gasteiger partial charge in [0.05, 0.1) is 30.9 Å². The number of piperazine rings is 1. The van der Waals surface area contributed by atoms with Gasteiger partial charge in [0.25, 0.3) is 0 Å². The molecule has 0 saturated carbocycles. The molecule has 4 rings (SSSR count). The summed E-state index contributed by atoms with van der Waals surface area (Å²) in [5, 5.41) is 1.26. The molecule has 2 aromatic heterocycles. The average Bonchev–Trinajstić information content (AvgIpc) is 3.28. The minimum absolute atomic E-state index is 0.391. The van der Waals surface area contributed by atoms with E-state index in [-0.39, 0.29) is 0 Å². The third kappa shape index (κ3) is 6.54. The predicted octanol–water partition coefficient (Wildman–Crippen LogP) is 3.94. The number of halogens is 1. The van der Waals surface area contributed by atoms with Gasteiger partial charge in [0.1, 0.15) is 11.4 Å². The Bertz CT molecular complexity index is 1230. The van der Waals surface area contributed by atoms with Crippen molar-refractivity contribution < 1.29 is 19.0 Å². The van der Waals surface area contributed by atoms with Crippen LogP contribution >= 0.6 is 11.6 Å². The van der Waals surface area contributed by atoms with Gasteiger partial charge in [-0.3, -0.25) is 4.90 Å². The fourth-order valence-corrected chi connectivity index (χ4v) is 4.66. The molecule has 1 fully saturated rings. The first kappa shape index (κ1) is 27.2. The zero-order valence-electron chi connectivity index (χ0n) is 22.0. The van der Waals surface area contributed by atoms with Crippen LogP contribution in [0.5, 0.6) is 5.88 Å². The molecule has 1 aliphatic rings. The van der Waals surface area contributed by atoms with Crippen LogP contribution in [0, 0.1) is 0 Å². The lowest BCUT2D eigenvalue weighted by atomic mass is 10.0. The molecule has 0 spiro atoms. The summed E-state index contributed by atoms with van der Waals surface area (Å²) in [4.78, 5) is 25.3. The lowest BCUT2D eigenvalue weighted by Crippen LogP contribution is -2.47. The normalized spacial score (nSPS) is 14.8. The highest BCUT2D eigenvalue weighted by Crippen LogP contribution is 2.38. The third-order valence-electron chi connectivity index (χ3n) is 6.23. The van der Waals surface area contributed by atoms with Crippen molar-refractivity contribution in [3.63, 3.8) is 0 Å². The van der Waals surface area contributed by atoms with E-state index in [1.54, 1.807) is 13.3 Å². The predicted molar refractivity (Wildman–Crippen MR) is 147 cm³/mol. The highest BCUT2D eigenvalue weighted by molar-refractivity contribution is 6.34. The van der Waals surface area contributed by atoms with E-state index in [9.17, 15) is 4.79 Å². The number of nitrogens with one attached hydrogen (secondary N) is 1. The van der Waals surface area contributed by atoms with Gasteiger partial charge in [-0.1, -0.05) is 11.6 Å². The molecule has 0 amide bonds. The number of ether oxygens (including phenoxy) is 3. The number of rotatable bonds is 9. The van der Waals surface area contributed by atoms with Crippen molar-refractivity contribution in [2.45, 2.75) is 26.4 Å². The molecule has 200 valence electrons. The first-order valence-corrected chi connectivity index (χ1v) is 12.9. The third-order valence-corrected chi connectivity index (χ3v) is 6.54. The zero-order valence-corrected chi connectivity index (χ0v) is 22.7. The van der Waals surface area contributed by atoms with Crippen LogP contribution in [0.25, 0.3) is 22.0 Å². The number of aromatic nitrogens is 2. The largest absolute Gasteiger partial charge is 0.480 e. The molecular formula is C27H36ClN5O4. The van der Waals surface area contributed by atoms with Gasteiger partial charge in [-0.2, -0.15) is 4.98 Å². The summed E-state index contributed by atoms with van der Waals surface area (Å²) in [6, 6.07) is 7.66. The van der Waals surface area contributed by atoms with Gasteiger partial charge in [0.2, 0.25) is 5.88 Å². The molecule has 10 heteroatoms. The van der Waals surface area contributed by atoms with Gasteiger partial charge >= 0.3 is 5.97 Å². The number of carbonyl (C=O) groups is 1. The SMILES string of the molecule is COc1nc(N2CCN(CCOCCN)CC2)ccc1-c1cc2c(C(=O)OC(C)(C)C)c[nH]c2cc1Cl. The number of anilines is 1. The number of fused-ring (bicyclic) bond motifs is 1. The van der Waals surface area contributed by atoms with Crippen molar-refractivity contribution in [3.05, 3.63) is 41.0 Å². The number of benzene rings is 1. The molecule has 3 aromatic rings. The molecule has 1 saturated heterocycles. The number of carbonyl (C=O) groups excluding carboxylic acids is 1. The molecular weight excluding hydrogens is 494 g/mol. The quantitative estimate of drug-likeness (QED) is 0.317. The number of esters is 1. The Labute approximate surface area is 222 Å². The van der Waals surface area contributed by atoms with Gasteiger partial charge in [-0.05, 0) is 45.0 Å². The Morgan fingerprint density at radius 3 is 2.57 bits per heavy atom. The van der Waals surface area contributed by atoms with Crippen molar-refractivity contribution in [1.29, 1.82) is 0 Å². The van der Waals surface area contributed by atoms with Crippen LogP contribution in [0.1, 0.15) is 31.1 Å². The summed E-state index contributed by atoms with van der Waals surface area (Å²) in [7, 11) is 1.60. The van der Waals surface area contributed by atoms with Gasteiger partial charge in [-0.15, -0.1) is 0 Å². The molecule has 0 radical (unpaired) electrons. The lowest BCUT2D eigenvalue weighted by Gasteiger charge is -2.35. The van der Waals surface area contributed by atoms with E-state index in [1.165, 1.54) is 0 Å². The number of hydrogen-bond acceptors (Lipinski definition) is 8. The molecule has 0 bridgehead atoms. The van der Waals surface area contributed by atoms with Crippen LogP contribution in [0.2, 0.25) is 5.02 Å². The van der Waals surface area contributed by atoms with Gasteiger partial charge in [0.15, 0.2) is 0 Å². The molecule has 3 heterocycles. The number of hydrogen-bond donors (Lipinski definition) is 2. The Morgan fingerprint density at radius 2 is 1.89 bits per heavy atom. The summed E-state index contributed by atoms with van der Waals surface area (Å²) in [5.41, 5.74) is 7.58. The monoisotopic (exact) mass is 529 g/mol. The summed E-state index contributed by atoms with van der Waals surface area (Å²) in [6.07, 6.45) is 1.65. The maximum Gasteiger partial charge on any atom is 0.340 e. The fraction of sp³-hybridized carbons (Fsp3) is 0.481. The summed E-state index contributed by atoms with van der Waals surface area (Å²) in [5.74, 6) is 0.941. The molecule has 0 aliphatic carbocycles. The summed E-state index contributed by atoms with van der Waals surface area (Å²) < 4.78 is 16.8. The Morgan fingerprint density at radius 1 is 1.14 bits per heavy atom. The molecule has 9 nitrogen and oxygen atoms in total. The van der Waals surface area contributed by atoms with Gasteiger partial charge in [0, 0.05) is 67.5 Å². The zero-order chi connectivity index (χ0) is 26.6. The minimum Gasteiger partial charge on any atom is -0.480 e. The second kappa shape index (κ2) is 11.7. The lowest BCUT2D eigenvalue weighted by molar-refractivity contribution is 0.00719. The maximum absolute atomic E-state index is 12.8. The number of nitrogens with zero attached hydrogens (tertiary/aromatic N) is 3. The average molecular weight is 530 g/mol. The minimum atomic E-state index is -0.595. The van der Waals surface area contributed by atoms with Gasteiger partial charge < -0.3 is 29.8 Å². The van der Waals surface area contributed by atoms with E-state index >= 15 is 0 Å². The summed E-state index contributed by atoms with van der Waals surface area (Å²) in [6.45, 7) is 11.9. The van der Waals surface area contributed by atoms with Crippen LogP contribution < -0.4 is 15.4 Å². The highest BCUT2D eigenvalue weighted by Gasteiger charge is 2.23. The Hall–Kier alpha value is -2.85. The van der Waals surface area contributed by atoms with Crippen LogP contribution in [0.15, 0.2) is 30.5 Å². The van der Waals surface area contributed by atoms with E-state index in [2.05, 4.69) is 14.8 Å². The molecule has 3 N–H and O–H groups in total. The van der Waals surface area contributed by atoms with Crippen LogP contribution in [0.4, 0.5) is 5.82 Å². The number of methoxy groups -OCH3 is 1. The molecule has 0 atom stereocenters. The maximum atomic E-state index is 12.8. The van der Waals surface area contributed by atoms with Crippen LogP contribution in [0.3, 0.4) is 0 Å². The van der Waals surface area contributed by atoms with Crippen molar-refractivity contribution in [2.75, 3.05) is 64.5 Å². The number of pyridine rings is 1.